The minimum absolute atomic E-state index is 0.0744. The zero-order valence-corrected chi connectivity index (χ0v) is 12.5. The van der Waals surface area contributed by atoms with Gasteiger partial charge in [0.2, 0.25) is 0 Å². The van der Waals surface area contributed by atoms with Gasteiger partial charge in [-0.05, 0) is 43.7 Å². The second-order valence-corrected chi connectivity index (χ2v) is 5.88. The number of nitrogens with one attached hydrogen (secondary N) is 1. The summed E-state index contributed by atoms with van der Waals surface area (Å²) < 4.78 is 1.71. The van der Waals surface area contributed by atoms with Gasteiger partial charge in [-0.15, -0.1) is 0 Å². The molecule has 1 fully saturated rings. The minimum Gasteiger partial charge on any atom is -0.396 e. The molecule has 1 saturated carbocycles. The van der Waals surface area contributed by atoms with Gasteiger partial charge in [0.1, 0.15) is 0 Å². The van der Waals surface area contributed by atoms with Crippen LogP contribution in [0, 0.1) is 5.92 Å². The van der Waals surface area contributed by atoms with E-state index >= 15 is 0 Å². The maximum Gasteiger partial charge on any atom is 0.254 e. The lowest BCUT2D eigenvalue weighted by Gasteiger charge is -2.27. The highest BCUT2D eigenvalue weighted by molar-refractivity contribution is 5.94. The zero-order valence-electron chi connectivity index (χ0n) is 12.5. The highest BCUT2D eigenvalue weighted by Gasteiger charge is 2.22. The number of nitrogens with zero attached hydrogens (tertiary/aromatic N) is 2. The topological polar surface area (TPSA) is 67.2 Å². The van der Waals surface area contributed by atoms with Gasteiger partial charge in [0.25, 0.3) is 5.91 Å². The van der Waals surface area contributed by atoms with Gasteiger partial charge in [0.15, 0.2) is 0 Å². The average molecular weight is 299 g/mol. The number of hydrogen-bond acceptors (Lipinski definition) is 3. The molecule has 1 amide bonds. The van der Waals surface area contributed by atoms with Crippen LogP contribution >= 0.6 is 0 Å². The first kappa shape index (κ1) is 14.8. The van der Waals surface area contributed by atoms with Crippen molar-refractivity contribution in [2.75, 3.05) is 6.61 Å². The van der Waals surface area contributed by atoms with Crippen molar-refractivity contribution in [2.45, 2.75) is 31.7 Å². The molecule has 2 N–H and O–H groups in total. The molecule has 0 unspecified atom stereocenters. The van der Waals surface area contributed by atoms with Crippen LogP contribution in [0.4, 0.5) is 0 Å². The molecule has 1 aliphatic carbocycles. The Bertz CT molecular complexity index is 616. The molecular formula is C17H21N3O2. The van der Waals surface area contributed by atoms with E-state index in [1.54, 1.807) is 17.1 Å². The number of hydrogen-bond donors (Lipinski definition) is 2. The molecule has 116 valence electrons. The van der Waals surface area contributed by atoms with E-state index in [-0.39, 0.29) is 18.6 Å². The number of para-hydroxylation sites is 1. The predicted octanol–water partition coefficient (Wildman–Crippen LogP) is 2.15. The van der Waals surface area contributed by atoms with Crippen LogP contribution in [0.1, 0.15) is 36.0 Å². The maximum absolute atomic E-state index is 12.3. The molecule has 0 aliphatic heterocycles. The van der Waals surface area contributed by atoms with Gasteiger partial charge >= 0.3 is 0 Å². The van der Waals surface area contributed by atoms with Crippen molar-refractivity contribution >= 4 is 5.91 Å². The summed E-state index contributed by atoms with van der Waals surface area (Å²) >= 11 is 0. The van der Waals surface area contributed by atoms with E-state index < -0.39 is 0 Å². The van der Waals surface area contributed by atoms with Crippen molar-refractivity contribution in [1.29, 1.82) is 0 Å². The normalized spacial score (nSPS) is 21.5. The first-order chi connectivity index (χ1) is 10.8. The van der Waals surface area contributed by atoms with Crippen molar-refractivity contribution in [2.24, 2.45) is 5.92 Å². The van der Waals surface area contributed by atoms with E-state index in [0.717, 1.165) is 31.4 Å². The number of aliphatic hydroxyl groups is 1. The summed E-state index contributed by atoms with van der Waals surface area (Å²) in [6.07, 6.45) is 7.18. The second-order valence-electron chi connectivity index (χ2n) is 5.88. The summed E-state index contributed by atoms with van der Waals surface area (Å²) in [4.78, 5) is 12.3. The molecule has 5 heteroatoms. The van der Waals surface area contributed by atoms with Gasteiger partial charge in [-0.25, -0.2) is 4.68 Å². The molecule has 0 spiro atoms. The maximum atomic E-state index is 12.3. The van der Waals surface area contributed by atoms with Gasteiger partial charge in [-0.2, -0.15) is 5.10 Å². The van der Waals surface area contributed by atoms with Crippen molar-refractivity contribution in [3.63, 3.8) is 0 Å². The van der Waals surface area contributed by atoms with Gasteiger partial charge in [-0.1, -0.05) is 18.2 Å². The molecule has 2 aromatic rings. The third-order valence-electron chi connectivity index (χ3n) is 4.31. The molecular weight excluding hydrogens is 278 g/mol. The van der Waals surface area contributed by atoms with Crippen molar-refractivity contribution < 1.29 is 9.90 Å². The number of carbonyl (C=O) groups excluding carboxylic acids is 1. The van der Waals surface area contributed by atoms with Gasteiger partial charge in [-0.3, -0.25) is 4.79 Å². The Kier molecular flexibility index (Phi) is 4.53. The molecule has 1 heterocycles. The molecule has 1 aliphatic rings. The lowest BCUT2D eigenvalue weighted by Crippen LogP contribution is -2.37. The van der Waals surface area contributed by atoms with E-state index in [0.29, 0.717) is 11.5 Å². The second kappa shape index (κ2) is 6.75. The Balaban J connectivity index is 1.60. The molecule has 0 radical (unpaired) electrons. The van der Waals surface area contributed by atoms with Crippen LogP contribution in [-0.4, -0.2) is 33.4 Å². The highest BCUT2D eigenvalue weighted by atomic mass is 16.3. The number of aliphatic hydroxyl groups excluding tert-OH is 1. The van der Waals surface area contributed by atoms with E-state index in [1.165, 1.54) is 0 Å². The Labute approximate surface area is 130 Å². The quantitative estimate of drug-likeness (QED) is 0.909. The SMILES string of the molecule is O=C(NC1CCC(CO)CC1)c1cnn(-c2ccccc2)c1. The molecule has 0 atom stereocenters. The zero-order chi connectivity index (χ0) is 15.4. The standard InChI is InChI=1S/C17H21N3O2/c21-12-13-6-8-15(9-7-13)19-17(22)14-10-18-20(11-14)16-4-2-1-3-5-16/h1-5,10-11,13,15,21H,6-9,12H2,(H,19,22). The average Bonchev–Trinajstić information content (AvgIpc) is 3.06. The lowest BCUT2D eigenvalue weighted by molar-refractivity contribution is 0.0914. The van der Waals surface area contributed by atoms with Crippen LogP contribution in [-0.2, 0) is 0 Å². The Morgan fingerprint density at radius 1 is 1.23 bits per heavy atom. The number of amides is 1. The molecule has 22 heavy (non-hydrogen) atoms. The van der Waals surface area contributed by atoms with Crippen molar-refractivity contribution in [3.8, 4) is 5.69 Å². The Morgan fingerprint density at radius 3 is 2.64 bits per heavy atom. The van der Waals surface area contributed by atoms with Gasteiger partial charge in [0.05, 0.1) is 17.4 Å². The van der Waals surface area contributed by atoms with E-state index in [9.17, 15) is 4.79 Å². The van der Waals surface area contributed by atoms with E-state index in [4.69, 9.17) is 5.11 Å². The number of benzene rings is 1. The molecule has 0 saturated heterocycles. The predicted molar refractivity (Wildman–Crippen MR) is 83.9 cm³/mol. The van der Waals surface area contributed by atoms with Crippen molar-refractivity contribution in [1.82, 2.24) is 15.1 Å². The number of rotatable bonds is 4. The van der Waals surface area contributed by atoms with E-state index in [2.05, 4.69) is 10.4 Å². The third kappa shape index (κ3) is 3.36. The van der Waals surface area contributed by atoms with Crippen LogP contribution < -0.4 is 5.32 Å². The van der Waals surface area contributed by atoms with Crippen LogP contribution in [0.15, 0.2) is 42.7 Å². The van der Waals surface area contributed by atoms with Crippen LogP contribution in [0.3, 0.4) is 0 Å². The first-order valence-corrected chi connectivity index (χ1v) is 7.78. The molecule has 0 bridgehead atoms. The lowest BCUT2D eigenvalue weighted by atomic mass is 9.86. The fourth-order valence-electron chi connectivity index (χ4n) is 2.92. The molecule has 1 aromatic carbocycles. The van der Waals surface area contributed by atoms with Crippen LogP contribution in [0.5, 0.6) is 0 Å². The smallest absolute Gasteiger partial charge is 0.254 e. The summed E-state index contributed by atoms with van der Waals surface area (Å²) in [5.41, 5.74) is 1.51. The minimum atomic E-state index is -0.0744. The summed E-state index contributed by atoms with van der Waals surface area (Å²) in [6.45, 7) is 0.254. The van der Waals surface area contributed by atoms with Crippen LogP contribution in [0.2, 0.25) is 0 Å². The fraction of sp³-hybridized carbons (Fsp3) is 0.412. The summed E-state index contributed by atoms with van der Waals surface area (Å²) in [5, 5.41) is 16.5. The highest BCUT2D eigenvalue weighted by Crippen LogP contribution is 2.23. The molecule has 3 rings (SSSR count). The summed E-state index contributed by atoms with van der Waals surface area (Å²) in [5.74, 6) is 0.323. The molecule has 1 aromatic heterocycles. The van der Waals surface area contributed by atoms with Gasteiger partial charge in [0, 0.05) is 18.8 Å². The van der Waals surface area contributed by atoms with Gasteiger partial charge < -0.3 is 10.4 Å². The van der Waals surface area contributed by atoms with E-state index in [1.807, 2.05) is 30.3 Å². The molecule has 5 nitrogen and oxygen atoms in total. The fourth-order valence-corrected chi connectivity index (χ4v) is 2.92. The monoisotopic (exact) mass is 299 g/mol. The summed E-state index contributed by atoms with van der Waals surface area (Å²) in [6, 6.07) is 9.93. The first-order valence-electron chi connectivity index (χ1n) is 7.78. The number of aromatic nitrogens is 2. The Morgan fingerprint density at radius 2 is 1.95 bits per heavy atom. The summed E-state index contributed by atoms with van der Waals surface area (Å²) in [7, 11) is 0. The number of carbonyl (C=O) groups is 1. The van der Waals surface area contributed by atoms with Crippen molar-refractivity contribution in [3.05, 3.63) is 48.3 Å². The van der Waals surface area contributed by atoms with Crippen LogP contribution in [0.25, 0.3) is 5.69 Å². The largest absolute Gasteiger partial charge is 0.396 e. The Hall–Kier alpha value is -2.14. The third-order valence-corrected chi connectivity index (χ3v) is 4.31.